The Morgan fingerprint density at radius 3 is 2.21 bits per heavy atom. The number of carbonyl (C=O) groups excluding carboxylic acids is 1. The molecule has 1 aliphatic heterocycles. The Balaban J connectivity index is 1.57. The lowest BCUT2D eigenvalue weighted by molar-refractivity contribution is 0.169. The van der Waals surface area contributed by atoms with Crippen molar-refractivity contribution in [1.82, 2.24) is 14.5 Å². The number of hydrogen-bond donors (Lipinski definition) is 1. The molecule has 8 heteroatoms. The molecule has 1 heterocycles. The lowest BCUT2D eigenvalue weighted by atomic mass is 10.2. The zero-order chi connectivity index (χ0) is 17.2. The molecule has 1 N–H and O–H groups in total. The van der Waals surface area contributed by atoms with Gasteiger partial charge in [-0.05, 0) is 37.1 Å². The second-order valence-electron chi connectivity index (χ2n) is 6.28. The molecular formula is C16H22FN3O3S. The molecule has 1 saturated heterocycles. The zero-order valence-corrected chi connectivity index (χ0v) is 14.3. The first-order chi connectivity index (χ1) is 11.5. The van der Waals surface area contributed by atoms with Crippen LogP contribution in [0.2, 0.25) is 0 Å². The minimum Gasteiger partial charge on any atom is -0.335 e. The highest BCUT2D eigenvalue weighted by Crippen LogP contribution is 2.20. The summed E-state index contributed by atoms with van der Waals surface area (Å²) >= 11 is 0. The van der Waals surface area contributed by atoms with Crippen LogP contribution in [0.4, 0.5) is 9.18 Å². The van der Waals surface area contributed by atoms with Gasteiger partial charge < -0.3 is 10.2 Å². The molecular weight excluding hydrogens is 333 g/mol. The monoisotopic (exact) mass is 355 g/mol. The van der Waals surface area contributed by atoms with Gasteiger partial charge in [0.25, 0.3) is 0 Å². The predicted molar refractivity (Wildman–Crippen MR) is 87.5 cm³/mol. The molecule has 0 spiro atoms. The van der Waals surface area contributed by atoms with E-state index in [1.807, 2.05) is 0 Å². The molecule has 24 heavy (non-hydrogen) atoms. The van der Waals surface area contributed by atoms with E-state index in [2.05, 4.69) is 5.32 Å². The van der Waals surface area contributed by atoms with Crippen molar-refractivity contribution in [1.29, 1.82) is 0 Å². The van der Waals surface area contributed by atoms with Crippen molar-refractivity contribution in [2.24, 2.45) is 0 Å². The van der Waals surface area contributed by atoms with Crippen molar-refractivity contribution >= 4 is 16.1 Å². The molecule has 0 radical (unpaired) electrons. The summed E-state index contributed by atoms with van der Waals surface area (Å²) in [5.74, 6) is -0.470. The van der Waals surface area contributed by atoms with Crippen LogP contribution in [0.25, 0.3) is 0 Å². The fourth-order valence-electron chi connectivity index (χ4n) is 3.22. The van der Waals surface area contributed by atoms with Gasteiger partial charge in [0.1, 0.15) is 5.82 Å². The van der Waals surface area contributed by atoms with Crippen molar-refractivity contribution in [3.05, 3.63) is 30.1 Å². The number of nitrogens with one attached hydrogen (secondary N) is 1. The number of halogens is 1. The van der Waals surface area contributed by atoms with Gasteiger partial charge in [-0.2, -0.15) is 4.31 Å². The number of benzene rings is 1. The number of piperazine rings is 1. The minimum absolute atomic E-state index is 0.0766. The average Bonchev–Trinajstić information content (AvgIpc) is 3.08. The second-order valence-corrected chi connectivity index (χ2v) is 8.21. The summed E-state index contributed by atoms with van der Waals surface area (Å²) in [7, 11) is -3.64. The summed E-state index contributed by atoms with van der Waals surface area (Å²) in [6.07, 6.45) is 4.33. The topological polar surface area (TPSA) is 69.7 Å². The molecule has 0 unspecified atom stereocenters. The van der Waals surface area contributed by atoms with E-state index in [-0.39, 0.29) is 30.1 Å². The van der Waals surface area contributed by atoms with Crippen LogP contribution >= 0.6 is 0 Å². The maximum Gasteiger partial charge on any atom is 0.317 e. The van der Waals surface area contributed by atoms with E-state index in [1.165, 1.54) is 16.4 Å². The Bertz CT molecular complexity index is 679. The van der Waals surface area contributed by atoms with Gasteiger partial charge in [-0.25, -0.2) is 17.6 Å². The highest BCUT2D eigenvalue weighted by molar-refractivity contribution is 7.89. The zero-order valence-electron chi connectivity index (χ0n) is 13.4. The number of amides is 2. The molecule has 2 amide bonds. The molecule has 1 aromatic carbocycles. The highest BCUT2D eigenvalue weighted by atomic mass is 32.2. The standard InChI is InChI=1S/C16H22FN3O3S/c17-13-5-7-15(8-6-13)24(22,23)20-11-9-19(10-12-20)16(21)18-14-3-1-2-4-14/h5-8,14H,1-4,9-12H2,(H,18,21). The van der Waals surface area contributed by atoms with Crippen molar-refractivity contribution in [2.45, 2.75) is 36.6 Å². The normalized spacial score (nSPS) is 20.3. The van der Waals surface area contributed by atoms with Gasteiger partial charge in [0.05, 0.1) is 4.90 Å². The summed E-state index contributed by atoms with van der Waals surface area (Å²) in [5.41, 5.74) is 0. The Kier molecular flexibility index (Phi) is 5.05. The lowest BCUT2D eigenvalue weighted by Gasteiger charge is -2.34. The summed E-state index contributed by atoms with van der Waals surface area (Å²) in [6.45, 7) is 1.22. The number of sulfonamides is 1. The maximum absolute atomic E-state index is 13.0. The van der Waals surface area contributed by atoms with Crippen LogP contribution in [-0.2, 0) is 10.0 Å². The molecule has 1 saturated carbocycles. The van der Waals surface area contributed by atoms with Crippen molar-refractivity contribution in [3.8, 4) is 0 Å². The third kappa shape index (κ3) is 3.70. The van der Waals surface area contributed by atoms with Crippen LogP contribution in [-0.4, -0.2) is 55.9 Å². The SMILES string of the molecule is O=C(NC1CCCC1)N1CCN(S(=O)(=O)c2ccc(F)cc2)CC1. The average molecular weight is 355 g/mol. The van der Waals surface area contributed by atoms with Crippen molar-refractivity contribution in [3.63, 3.8) is 0 Å². The van der Waals surface area contributed by atoms with Gasteiger partial charge >= 0.3 is 6.03 Å². The van der Waals surface area contributed by atoms with E-state index >= 15 is 0 Å². The molecule has 132 valence electrons. The Hall–Kier alpha value is -1.67. The van der Waals surface area contributed by atoms with Crippen molar-refractivity contribution < 1.29 is 17.6 Å². The molecule has 2 fully saturated rings. The van der Waals surface area contributed by atoms with Crippen LogP contribution in [0.15, 0.2) is 29.2 Å². The predicted octanol–water partition coefficient (Wildman–Crippen LogP) is 1.78. The lowest BCUT2D eigenvalue weighted by Crippen LogP contribution is -2.54. The van der Waals surface area contributed by atoms with E-state index in [1.54, 1.807) is 4.90 Å². The van der Waals surface area contributed by atoms with Gasteiger partial charge in [0, 0.05) is 32.2 Å². The smallest absolute Gasteiger partial charge is 0.317 e. The second kappa shape index (κ2) is 7.06. The van der Waals surface area contributed by atoms with Gasteiger partial charge in [-0.1, -0.05) is 12.8 Å². The number of carbonyl (C=O) groups is 1. The van der Waals surface area contributed by atoms with Crippen LogP contribution in [0, 0.1) is 5.82 Å². The molecule has 2 aliphatic rings. The van der Waals surface area contributed by atoms with Crippen LogP contribution in [0.1, 0.15) is 25.7 Å². The molecule has 6 nitrogen and oxygen atoms in total. The molecule has 0 aromatic heterocycles. The summed E-state index contributed by atoms with van der Waals surface area (Å²) < 4.78 is 39.4. The van der Waals surface area contributed by atoms with E-state index in [4.69, 9.17) is 0 Å². The van der Waals surface area contributed by atoms with E-state index < -0.39 is 15.8 Å². The van der Waals surface area contributed by atoms with Crippen LogP contribution in [0.3, 0.4) is 0 Å². The van der Waals surface area contributed by atoms with Gasteiger partial charge in [-0.15, -0.1) is 0 Å². The molecule has 0 bridgehead atoms. The first-order valence-electron chi connectivity index (χ1n) is 8.28. The first kappa shape index (κ1) is 17.2. The van der Waals surface area contributed by atoms with Crippen molar-refractivity contribution in [2.75, 3.05) is 26.2 Å². The van der Waals surface area contributed by atoms with Crippen LogP contribution < -0.4 is 5.32 Å². The third-order valence-electron chi connectivity index (χ3n) is 4.66. The largest absolute Gasteiger partial charge is 0.335 e. The van der Waals surface area contributed by atoms with Crippen LogP contribution in [0.5, 0.6) is 0 Å². The highest BCUT2D eigenvalue weighted by Gasteiger charge is 2.30. The number of rotatable bonds is 3. The molecule has 3 rings (SSSR count). The van der Waals surface area contributed by atoms with Gasteiger partial charge in [0.15, 0.2) is 0 Å². The summed E-state index contributed by atoms with van der Waals surface area (Å²) in [6, 6.07) is 4.95. The summed E-state index contributed by atoms with van der Waals surface area (Å²) in [4.78, 5) is 14.0. The van der Waals surface area contributed by atoms with E-state index in [0.29, 0.717) is 13.1 Å². The number of nitrogens with zero attached hydrogens (tertiary/aromatic N) is 2. The fourth-order valence-corrected chi connectivity index (χ4v) is 4.65. The number of hydrogen-bond acceptors (Lipinski definition) is 3. The summed E-state index contributed by atoms with van der Waals surface area (Å²) in [5, 5.41) is 3.02. The van der Waals surface area contributed by atoms with Gasteiger partial charge in [-0.3, -0.25) is 0 Å². The first-order valence-corrected chi connectivity index (χ1v) is 9.72. The quantitative estimate of drug-likeness (QED) is 0.899. The molecule has 1 aliphatic carbocycles. The molecule has 0 atom stereocenters. The Morgan fingerprint density at radius 1 is 1.04 bits per heavy atom. The Labute approximate surface area is 141 Å². The fraction of sp³-hybridized carbons (Fsp3) is 0.562. The number of urea groups is 1. The molecule has 1 aromatic rings. The van der Waals surface area contributed by atoms with Gasteiger partial charge in [0.2, 0.25) is 10.0 Å². The minimum atomic E-state index is -3.64. The van der Waals surface area contributed by atoms with E-state index in [9.17, 15) is 17.6 Å². The maximum atomic E-state index is 13.0. The third-order valence-corrected chi connectivity index (χ3v) is 6.57. The van der Waals surface area contributed by atoms with E-state index in [0.717, 1.165) is 37.8 Å². The Morgan fingerprint density at radius 2 is 1.62 bits per heavy atom.